The highest BCUT2D eigenvalue weighted by molar-refractivity contribution is 6.30. The number of halogens is 1. The molecule has 1 aliphatic heterocycles. The highest BCUT2D eigenvalue weighted by Gasteiger charge is 2.16. The van der Waals surface area contributed by atoms with Crippen molar-refractivity contribution < 1.29 is 4.52 Å². The summed E-state index contributed by atoms with van der Waals surface area (Å²) in [6, 6.07) is 7.44. The second-order valence-corrected chi connectivity index (χ2v) is 6.47. The molecule has 3 aromatic rings. The summed E-state index contributed by atoms with van der Waals surface area (Å²) >= 11 is 5.95. The first kappa shape index (κ1) is 16.1. The number of hydrogen-bond donors (Lipinski definition) is 1. The maximum absolute atomic E-state index is 12.8. The quantitative estimate of drug-likeness (QED) is 0.779. The number of benzene rings is 1. The molecular weight excluding hydrogens is 340 g/mol. The lowest BCUT2D eigenvalue weighted by Crippen LogP contribution is -2.27. The highest BCUT2D eigenvalue weighted by Crippen LogP contribution is 2.25. The Morgan fingerprint density at radius 3 is 2.84 bits per heavy atom. The summed E-state index contributed by atoms with van der Waals surface area (Å²) in [5.74, 6) is 0. The summed E-state index contributed by atoms with van der Waals surface area (Å²) in [5, 5.41) is 8.04. The van der Waals surface area contributed by atoms with Gasteiger partial charge in [0.25, 0.3) is 5.56 Å². The Labute approximate surface area is 149 Å². The third kappa shape index (κ3) is 3.23. The second kappa shape index (κ2) is 6.82. The molecule has 0 atom stereocenters. The van der Waals surface area contributed by atoms with E-state index in [1.165, 1.54) is 0 Å². The minimum absolute atomic E-state index is 0.00115. The molecule has 0 saturated heterocycles. The van der Waals surface area contributed by atoms with Crippen LogP contribution in [0, 0.1) is 0 Å². The monoisotopic (exact) mass is 356 g/mol. The minimum atomic E-state index is -0.00115. The maximum atomic E-state index is 12.8. The molecule has 0 aliphatic carbocycles. The summed E-state index contributed by atoms with van der Waals surface area (Å²) in [6.07, 6.45) is 4.67. The van der Waals surface area contributed by atoms with Crippen molar-refractivity contribution in [2.45, 2.75) is 19.4 Å². The Morgan fingerprint density at radius 1 is 1.20 bits per heavy atom. The zero-order valence-electron chi connectivity index (χ0n) is 13.5. The van der Waals surface area contributed by atoms with E-state index < -0.39 is 0 Å². The Morgan fingerprint density at radius 2 is 2.00 bits per heavy atom. The summed E-state index contributed by atoms with van der Waals surface area (Å²) < 4.78 is 6.74. The van der Waals surface area contributed by atoms with Gasteiger partial charge in [0, 0.05) is 29.1 Å². The summed E-state index contributed by atoms with van der Waals surface area (Å²) in [4.78, 5) is 17.3. The average molecular weight is 357 g/mol. The van der Waals surface area contributed by atoms with Crippen LogP contribution in [-0.4, -0.2) is 27.8 Å². The van der Waals surface area contributed by atoms with Crippen LogP contribution < -0.4 is 10.9 Å². The van der Waals surface area contributed by atoms with E-state index in [4.69, 9.17) is 16.1 Å². The molecule has 0 radical (unpaired) electrons. The van der Waals surface area contributed by atoms with Crippen LogP contribution in [-0.2, 0) is 19.4 Å². The van der Waals surface area contributed by atoms with E-state index in [9.17, 15) is 4.79 Å². The van der Waals surface area contributed by atoms with Crippen molar-refractivity contribution in [1.82, 2.24) is 20.0 Å². The number of hydrogen-bond acceptors (Lipinski definition) is 5. The van der Waals surface area contributed by atoms with Gasteiger partial charge < -0.3 is 9.84 Å². The van der Waals surface area contributed by atoms with Crippen LogP contribution >= 0.6 is 11.6 Å². The van der Waals surface area contributed by atoms with Crippen molar-refractivity contribution in [3.05, 3.63) is 69.2 Å². The van der Waals surface area contributed by atoms with Crippen LogP contribution in [0.1, 0.15) is 17.0 Å². The lowest BCUT2D eigenvalue weighted by molar-refractivity contribution is 0.409. The van der Waals surface area contributed by atoms with Crippen LogP contribution in [0.3, 0.4) is 0 Å². The minimum Gasteiger partial charge on any atom is -0.364 e. The molecule has 1 N–H and O–H groups in total. The molecule has 0 bridgehead atoms. The Balaban J connectivity index is 1.68. The van der Waals surface area contributed by atoms with Crippen LogP contribution in [0.4, 0.5) is 0 Å². The zero-order valence-corrected chi connectivity index (χ0v) is 14.3. The first-order valence-electron chi connectivity index (χ1n) is 8.19. The van der Waals surface area contributed by atoms with Crippen molar-refractivity contribution >= 4 is 11.6 Å². The first-order valence-corrected chi connectivity index (χ1v) is 8.57. The summed E-state index contributed by atoms with van der Waals surface area (Å²) in [7, 11) is 0. The van der Waals surface area contributed by atoms with Crippen LogP contribution in [0.5, 0.6) is 0 Å². The number of rotatable bonds is 3. The molecule has 0 saturated carbocycles. The topological polar surface area (TPSA) is 73.0 Å². The number of aromatic nitrogens is 3. The standard InChI is InChI=1S/C18H17ClN4O2/c19-13-3-1-12(2-4-13)15-10-25-22-17(15)9-23-11-21-16-6-8-20-7-5-14(16)18(23)24/h1-4,10-11,20H,5-9H2. The molecule has 0 amide bonds. The van der Waals surface area contributed by atoms with E-state index in [0.29, 0.717) is 23.7 Å². The molecule has 0 unspecified atom stereocenters. The van der Waals surface area contributed by atoms with Gasteiger partial charge in [0.15, 0.2) is 0 Å². The van der Waals surface area contributed by atoms with Gasteiger partial charge in [-0.1, -0.05) is 28.9 Å². The fraction of sp³-hybridized carbons (Fsp3) is 0.278. The molecule has 6 nitrogen and oxygen atoms in total. The molecule has 7 heteroatoms. The van der Waals surface area contributed by atoms with Gasteiger partial charge in [-0.15, -0.1) is 0 Å². The van der Waals surface area contributed by atoms with Gasteiger partial charge in [-0.25, -0.2) is 4.98 Å². The van der Waals surface area contributed by atoms with Crippen molar-refractivity contribution in [3.8, 4) is 11.1 Å². The van der Waals surface area contributed by atoms with Gasteiger partial charge in [-0.3, -0.25) is 9.36 Å². The van der Waals surface area contributed by atoms with Gasteiger partial charge in [0.05, 0.1) is 18.6 Å². The fourth-order valence-electron chi connectivity index (χ4n) is 3.09. The zero-order chi connectivity index (χ0) is 17.2. The van der Waals surface area contributed by atoms with Crippen molar-refractivity contribution in [2.75, 3.05) is 13.1 Å². The Hall–Kier alpha value is -2.44. The fourth-order valence-corrected chi connectivity index (χ4v) is 3.22. The third-order valence-corrected chi connectivity index (χ3v) is 4.68. The predicted molar refractivity (Wildman–Crippen MR) is 94.8 cm³/mol. The molecule has 0 spiro atoms. The van der Waals surface area contributed by atoms with Crippen LogP contribution in [0.15, 0.2) is 46.2 Å². The highest BCUT2D eigenvalue weighted by atomic mass is 35.5. The van der Waals surface area contributed by atoms with E-state index in [1.807, 2.05) is 24.3 Å². The number of nitrogens with zero attached hydrogens (tertiary/aromatic N) is 3. The molecule has 4 rings (SSSR count). The normalized spacial score (nSPS) is 14.1. The second-order valence-electron chi connectivity index (χ2n) is 6.03. The molecule has 2 aromatic heterocycles. The smallest absolute Gasteiger partial charge is 0.257 e. The van der Waals surface area contributed by atoms with Gasteiger partial charge in [-0.2, -0.15) is 0 Å². The van der Waals surface area contributed by atoms with E-state index in [0.717, 1.165) is 41.9 Å². The lowest BCUT2D eigenvalue weighted by atomic mass is 10.1. The van der Waals surface area contributed by atoms with E-state index in [-0.39, 0.29) is 5.56 Å². The molecule has 1 aliphatic rings. The third-order valence-electron chi connectivity index (χ3n) is 4.43. The largest absolute Gasteiger partial charge is 0.364 e. The summed E-state index contributed by atoms with van der Waals surface area (Å²) in [5.41, 5.74) is 4.17. The van der Waals surface area contributed by atoms with Gasteiger partial charge in [-0.05, 0) is 30.7 Å². The van der Waals surface area contributed by atoms with Crippen molar-refractivity contribution in [1.29, 1.82) is 0 Å². The molecular formula is C18H17ClN4O2. The first-order chi connectivity index (χ1) is 12.2. The Bertz CT molecular complexity index is 946. The SMILES string of the molecule is O=c1c2c(ncn1Cc1nocc1-c1ccc(Cl)cc1)CCNCC2. The molecule has 1 aromatic carbocycles. The van der Waals surface area contributed by atoms with Crippen LogP contribution in [0.25, 0.3) is 11.1 Å². The molecule has 3 heterocycles. The average Bonchev–Trinajstić information content (AvgIpc) is 2.93. The van der Waals surface area contributed by atoms with Gasteiger partial charge in [0.2, 0.25) is 0 Å². The summed E-state index contributed by atoms with van der Waals surface area (Å²) in [6.45, 7) is 1.97. The Kier molecular flexibility index (Phi) is 4.38. The number of nitrogens with one attached hydrogen (secondary N) is 1. The maximum Gasteiger partial charge on any atom is 0.257 e. The molecule has 0 fully saturated rings. The van der Waals surface area contributed by atoms with E-state index in [2.05, 4.69) is 15.5 Å². The van der Waals surface area contributed by atoms with Crippen LogP contribution in [0.2, 0.25) is 5.02 Å². The van der Waals surface area contributed by atoms with Crippen molar-refractivity contribution in [3.63, 3.8) is 0 Å². The van der Waals surface area contributed by atoms with E-state index in [1.54, 1.807) is 17.2 Å². The van der Waals surface area contributed by atoms with Gasteiger partial charge in [0.1, 0.15) is 12.0 Å². The lowest BCUT2D eigenvalue weighted by Gasteiger charge is -2.09. The predicted octanol–water partition coefficient (Wildman–Crippen LogP) is 2.29. The molecule has 128 valence electrons. The molecule has 25 heavy (non-hydrogen) atoms. The van der Waals surface area contributed by atoms with E-state index >= 15 is 0 Å². The van der Waals surface area contributed by atoms with Crippen molar-refractivity contribution in [2.24, 2.45) is 0 Å². The van der Waals surface area contributed by atoms with Gasteiger partial charge >= 0.3 is 0 Å². The number of fused-ring (bicyclic) bond motifs is 1.